The Labute approximate surface area is 96.8 Å². The minimum atomic E-state index is 0.399. The van der Waals surface area contributed by atoms with Crippen molar-refractivity contribution in [1.29, 1.82) is 0 Å². The highest BCUT2D eigenvalue weighted by Gasteiger charge is 2.26. The number of aromatic nitrogens is 2. The molecule has 0 spiro atoms. The van der Waals surface area contributed by atoms with E-state index in [0.29, 0.717) is 5.41 Å². The minimum Gasteiger partial charge on any atom is -0.381 e. The highest BCUT2D eigenvalue weighted by molar-refractivity contribution is 5.13. The van der Waals surface area contributed by atoms with E-state index in [-0.39, 0.29) is 0 Å². The largest absolute Gasteiger partial charge is 0.381 e. The first-order valence-electron chi connectivity index (χ1n) is 5.97. The molecule has 0 bridgehead atoms. The van der Waals surface area contributed by atoms with Gasteiger partial charge in [0.05, 0.1) is 6.20 Å². The molecule has 0 amide bonds. The van der Waals surface area contributed by atoms with Gasteiger partial charge in [-0.3, -0.25) is 5.10 Å². The van der Waals surface area contributed by atoms with E-state index in [1.165, 1.54) is 5.56 Å². The molecule has 0 saturated carbocycles. The number of nitrogens with one attached hydrogen (secondary N) is 2. The molecule has 0 unspecified atom stereocenters. The summed E-state index contributed by atoms with van der Waals surface area (Å²) in [6.07, 6.45) is 4.21. The SMILES string of the molecule is Cc1[nH]ncc1CNCC1(C)CCOCC1. The molecule has 0 radical (unpaired) electrons. The van der Waals surface area contributed by atoms with Crippen LogP contribution in [0.15, 0.2) is 6.20 Å². The van der Waals surface area contributed by atoms with Gasteiger partial charge in [0.1, 0.15) is 0 Å². The normalized spacial score (nSPS) is 19.9. The molecule has 1 aromatic heterocycles. The van der Waals surface area contributed by atoms with E-state index in [1.54, 1.807) is 0 Å². The number of ether oxygens (including phenoxy) is 1. The summed E-state index contributed by atoms with van der Waals surface area (Å²) in [4.78, 5) is 0. The average molecular weight is 223 g/mol. The lowest BCUT2D eigenvalue weighted by molar-refractivity contribution is 0.0240. The summed E-state index contributed by atoms with van der Waals surface area (Å²) in [6.45, 7) is 8.16. The second-order valence-electron chi connectivity index (χ2n) is 5.05. The van der Waals surface area contributed by atoms with Crippen molar-refractivity contribution in [3.63, 3.8) is 0 Å². The monoisotopic (exact) mass is 223 g/mol. The van der Waals surface area contributed by atoms with Crippen molar-refractivity contribution in [2.24, 2.45) is 5.41 Å². The zero-order valence-corrected chi connectivity index (χ0v) is 10.2. The number of rotatable bonds is 4. The van der Waals surface area contributed by atoms with Crippen LogP contribution in [-0.4, -0.2) is 30.0 Å². The van der Waals surface area contributed by atoms with Crippen LogP contribution in [0.25, 0.3) is 0 Å². The van der Waals surface area contributed by atoms with Crippen LogP contribution in [0.3, 0.4) is 0 Å². The number of hydrogen-bond acceptors (Lipinski definition) is 3. The molecule has 4 nitrogen and oxygen atoms in total. The zero-order chi connectivity index (χ0) is 11.4. The molecule has 0 atom stereocenters. The Morgan fingerprint density at radius 1 is 1.50 bits per heavy atom. The van der Waals surface area contributed by atoms with E-state index in [4.69, 9.17) is 4.74 Å². The third-order valence-corrected chi connectivity index (χ3v) is 3.50. The Hall–Kier alpha value is -0.870. The lowest BCUT2D eigenvalue weighted by atomic mass is 9.82. The first-order chi connectivity index (χ1) is 7.70. The average Bonchev–Trinajstić information content (AvgIpc) is 2.65. The topological polar surface area (TPSA) is 49.9 Å². The van der Waals surface area contributed by atoms with Gasteiger partial charge in [-0.15, -0.1) is 0 Å². The summed E-state index contributed by atoms with van der Waals surface area (Å²) < 4.78 is 5.39. The fourth-order valence-electron chi connectivity index (χ4n) is 2.09. The van der Waals surface area contributed by atoms with Crippen molar-refractivity contribution in [3.8, 4) is 0 Å². The molecule has 1 aliphatic rings. The van der Waals surface area contributed by atoms with Gasteiger partial charge in [-0.25, -0.2) is 0 Å². The molecule has 0 aliphatic carbocycles. The van der Waals surface area contributed by atoms with E-state index in [9.17, 15) is 0 Å². The summed E-state index contributed by atoms with van der Waals surface area (Å²) >= 11 is 0. The maximum Gasteiger partial charge on any atom is 0.0535 e. The van der Waals surface area contributed by atoms with Crippen molar-refractivity contribution >= 4 is 0 Å². The Balaban J connectivity index is 1.77. The Morgan fingerprint density at radius 3 is 2.88 bits per heavy atom. The molecular weight excluding hydrogens is 202 g/mol. The third kappa shape index (κ3) is 2.83. The Bertz CT molecular complexity index is 329. The summed E-state index contributed by atoms with van der Waals surface area (Å²) in [5, 5.41) is 10.5. The molecular formula is C12H21N3O. The first kappa shape index (κ1) is 11.6. The molecule has 90 valence electrons. The van der Waals surface area contributed by atoms with E-state index < -0.39 is 0 Å². The van der Waals surface area contributed by atoms with Crippen LogP contribution in [0.5, 0.6) is 0 Å². The maximum absolute atomic E-state index is 5.39. The first-order valence-corrected chi connectivity index (χ1v) is 5.97. The van der Waals surface area contributed by atoms with Crippen molar-refractivity contribution in [2.75, 3.05) is 19.8 Å². The van der Waals surface area contributed by atoms with E-state index in [1.807, 2.05) is 6.20 Å². The minimum absolute atomic E-state index is 0.399. The van der Waals surface area contributed by atoms with Gasteiger partial charge in [0, 0.05) is 37.6 Å². The smallest absolute Gasteiger partial charge is 0.0535 e. The number of H-pyrrole nitrogens is 1. The number of hydrogen-bond donors (Lipinski definition) is 2. The van der Waals surface area contributed by atoms with Crippen LogP contribution < -0.4 is 5.32 Å². The number of aromatic amines is 1. The molecule has 16 heavy (non-hydrogen) atoms. The molecule has 1 aromatic rings. The van der Waals surface area contributed by atoms with Crippen LogP contribution >= 0.6 is 0 Å². The summed E-state index contributed by atoms with van der Waals surface area (Å²) in [6, 6.07) is 0. The van der Waals surface area contributed by atoms with Gasteiger partial charge in [-0.2, -0.15) is 5.10 Å². The van der Waals surface area contributed by atoms with Gasteiger partial charge in [0.25, 0.3) is 0 Å². The number of aryl methyl sites for hydroxylation is 1. The molecule has 1 aliphatic heterocycles. The predicted molar refractivity (Wildman–Crippen MR) is 63.2 cm³/mol. The molecule has 1 fully saturated rings. The van der Waals surface area contributed by atoms with E-state index in [0.717, 1.165) is 44.8 Å². The molecule has 2 heterocycles. The van der Waals surface area contributed by atoms with Gasteiger partial charge >= 0.3 is 0 Å². The van der Waals surface area contributed by atoms with Gasteiger partial charge in [-0.1, -0.05) is 6.92 Å². The van der Waals surface area contributed by atoms with Crippen LogP contribution in [0.4, 0.5) is 0 Å². The highest BCUT2D eigenvalue weighted by atomic mass is 16.5. The maximum atomic E-state index is 5.39. The van der Waals surface area contributed by atoms with Crippen LogP contribution in [0, 0.1) is 12.3 Å². The van der Waals surface area contributed by atoms with Crippen LogP contribution in [0.2, 0.25) is 0 Å². The highest BCUT2D eigenvalue weighted by Crippen LogP contribution is 2.28. The Kier molecular flexibility index (Phi) is 3.61. The molecule has 2 rings (SSSR count). The van der Waals surface area contributed by atoms with E-state index >= 15 is 0 Å². The van der Waals surface area contributed by atoms with Gasteiger partial charge in [0.15, 0.2) is 0 Å². The molecule has 4 heteroatoms. The van der Waals surface area contributed by atoms with Crippen molar-refractivity contribution in [2.45, 2.75) is 33.2 Å². The quantitative estimate of drug-likeness (QED) is 0.815. The third-order valence-electron chi connectivity index (χ3n) is 3.50. The standard InChI is InChI=1S/C12H21N3O/c1-10-11(8-14-15-10)7-13-9-12(2)3-5-16-6-4-12/h8,13H,3-7,9H2,1-2H3,(H,14,15). The second kappa shape index (κ2) is 4.97. The fourth-order valence-corrected chi connectivity index (χ4v) is 2.09. The predicted octanol–water partition coefficient (Wildman–Crippen LogP) is 1.62. The van der Waals surface area contributed by atoms with Crippen molar-refractivity contribution in [3.05, 3.63) is 17.5 Å². The number of nitrogens with zero attached hydrogens (tertiary/aromatic N) is 1. The lowest BCUT2D eigenvalue weighted by Gasteiger charge is -2.33. The molecule has 0 aromatic carbocycles. The molecule has 2 N–H and O–H groups in total. The summed E-state index contributed by atoms with van der Waals surface area (Å²) in [5.41, 5.74) is 2.82. The summed E-state index contributed by atoms with van der Waals surface area (Å²) in [7, 11) is 0. The van der Waals surface area contributed by atoms with Gasteiger partial charge in [0.2, 0.25) is 0 Å². The van der Waals surface area contributed by atoms with E-state index in [2.05, 4.69) is 29.4 Å². The van der Waals surface area contributed by atoms with Crippen molar-refractivity contribution < 1.29 is 4.74 Å². The van der Waals surface area contributed by atoms with Gasteiger partial charge in [-0.05, 0) is 25.2 Å². The lowest BCUT2D eigenvalue weighted by Crippen LogP contribution is -2.36. The summed E-state index contributed by atoms with van der Waals surface area (Å²) in [5.74, 6) is 0. The second-order valence-corrected chi connectivity index (χ2v) is 5.05. The van der Waals surface area contributed by atoms with Gasteiger partial charge < -0.3 is 10.1 Å². The zero-order valence-electron chi connectivity index (χ0n) is 10.2. The van der Waals surface area contributed by atoms with Crippen molar-refractivity contribution in [1.82, 2.24) is 15.5 Å². The molecule has 1 saturated heterocycles. The fraction of sp³-hybridized carbons (Fsp3) is 0.750. The van der Waals surface area contributed by atoms with Crippen LogP contribution in [-0.2, 0) is 11.3 Å². The Morgan fingerprint density at radius 2 is 2.25 bits per heavy atom. The van der Waals surface area contributed by atoms with Crippen LogP contribution in [0.1, 0.15) is 31.0 Å².